The van der Waals surface area contributed by atoms with Crippen LogP contribution in [0.5, 0.6) is 11.5 Å². The van der Waals surface area contributed by atoms with Crippen LogP contribution in [0.25, 0.3) is 21.3 Å². The van der Waals surface area contributed by atoms with Crippen LogP contribution in [0, 0.1) is 0 Å². The quantitative estimate of drug-likeness (QED) is 0.277. The highest BCUT2D eigenvalue weighted by atomic mass is 32.1. The average Bonchev–Trinajstić information content (AvgIpc) is 3.28. The maximum absolute atomic E-state index is 12.4. The topological polar surface area (TPSA) is 115 Å². The smallest absolute Gasteiger partial charge is 0.259 e. The zero-order valence-electron chi connectivity index (χ0n) is 22.8. The van der Waals surface area contributed by atoms with Crippen LogP contribution >= 0.6 is 11.3 Å². The molecule has 10 heteroatoms. The molecule has 39 heavy (non-hydrogen) atoms. The number of carbonyl (C=O) groups excluding carboxylic acids is 1. The third-order valence-corrected chi connectivity index (χ3v) is 7.66. The molecule has 4 aromatic rings. The number of aromatic nitrogens is 2. The van der Waals surface area contributed by atoms with Gasteiger partial charge < -0.3 is 30.7 Å². The first kappa shape index (κ1) is 26.7. The van der Waals surface area contributed by atoms with E-state index >= 15 is 0 Å². The van der Waals surface area contributed by atoms with E-state index in [1.165, 1.54) is 11.3 Å². The minimum absolute atomic E-state index is 0.0165. The van der Waals surface area contributed by atoms with Gasteiger partial charge in [0.15, 0.2) is 0 Å². The van der Waals surface area contributed by atoms with Crippen molar-refractivity contribution in [2.75, 3.05) is 30.4 Å². The van der Waals surface area contributed by atoms with E-state index in [2.05, 4.69) is 46.5 Å². The molecule has 1 amide bonds. The minimum Gasteiger partial charge on any atom is -0.496 e. The molecule has 0 bridgehead atoms. The van der Waals surface area contributed by atoms with Crippen molar-refractivity contribution in [3.63, 3.8) is 0 Å². The summed E-state index contributed by atoms with van der Waals surface area (Å²) in [5.74, 6) is 1.22. The first-order chi connectivity index (χ1) is 18.7. The number of carbonyl (C=O) groups is 1. The number of para-hydroxylation sites is 1. The fourth-order valence-corrected chi connectivity index (χ4v) is 6.03. The first-order valence-corrected chi connectivity index (χ1v) is 13.9. The molecule has 1 saturated heterocycles. The van der Waals surface area contributed by atoms with E-state index in [1.54, 1.807) is 13.3 Å². The van der Waals surface area contributed by atoms with Gasteiger partial charge in [0.05, 0.1) is 35.3 Å². The zero-order chi connectivity index (χ0) is 27.7. The van der Waals surface area contributed by atoms with Crippen molar-refractivity contribution in [2.24, 2.45) is 5.73 Å². The number of fused-ring (bicyclic) bond motifs is 1. The van der Waals surface area contributed by atoms with Crippen LogP contribution in [0.1, 0.15) is 37.4 Å². The Morgan fingerprint density at radius 1 is 1.15 bits per heavy atom. The lowest BCUT2D eigenvalue weighted by molar-refractivity contribution is 0.100. The number of benzene rings is 2. The Balaban J connectivity index is 1.54. The molecule has 0 aliphatic carbocycles. The van der Waals surface area contributed by atoms with Gasteiger partial charge in [0, 0.05) is 48.1 Å². The number of amides is 1. The van der Waals surface area contributed by atoms with Gasteiger partial charge in [-0.3, -0.25) is 4.79 Å². The summed E-state index contributed by atoms with van der Waals surface area (Å²) in [4.78, 5) is 24.5. The molecule has 1 fully saturated rings. The SMILES string of the molecule is COc1ccccc1-c1c(C(N)=O)sc2cnc(Nc3ccc(N4CC(C)NC(C)C4)cc3OC(C)C)nc12. The Morgan fingerprint density at radius 2 is 1.90 bits per heavy atom. The summed E-state index contributed by atoms with van der Waals surface area (Å²) in [6, 6.07) is 14.5. The molecule has 5 rings (SSSR count). The van der Waals surface area contributed by atoms with E-state index < -0.39 is 5.91 Å². The number of hydrogen-bond acceptors (Lipinski definition) is 9. The van der Waals surface area contributed by atoms with Gasteiger partial charge in [-0.05, 0) is 45.9 Å². The van der Waals surface area contributed by atoms with E-state index in [0.717, 1.165) is 40.5 Å². The van der Waals surface area contributed by atoms with Crippen LogP contribution in [0.3, 0.4) is 0 Å². The van der Waals surface area contributed by atoms with Crippen molar-refractivity contribution in [1.82, 2.24) is 15.3 Å². The van der Waals surface area contributed by atoms with Gasteiger partial charge in [-0.1, -0.05) is 18.2 Å². The number of hydrogen-bond donors (Lipinski definition) is 3. The normalized spacial score (nSPS) is 17.4. The number of primary amides is 1. The molecular weight excluding hydrogens is 512 g/mol. The second-order valence-electron chi connectivity index (χ2n) is 10.1. The highest BCUT2D eigenvalue weighted by Crippen LogP contribution is 2.42. The molecule has 2 aromatic heterocycles. The lowest BCUT2D eigenvalue weighted by Crippen LogP contribution is -2.54. The van der Waals surface area contributed by atoms with Gasteiger partial charge in [-0.2, -0.15) is 0 Å². The lowest BCUT2D eigenvalue weighted by Gasteiger charge is -2.38. The van der Waals surface area contributed by atoms with Crippen LogP contribution < -0.4 is 30.7 Å². The molecule has 1 aliphatic heterocycles. The predicted octanol–water partition coefficient (Wildman–Crippen LogP) is 5.18. The van der Waals surface area contributed by atoms with Gasteiger partial charge in [0.1, 0.15) is 16.4 Å². The molecular formula is C29H34N6O3S. The standard InChI is InChI=1S/C29H34N6O3S/c1-16(2)38-23-12-19(35-14-17(3)32-18(4)15-35)10-11-21(23)33-29-31-13-24-26(34-29)25(27(39-24)28(30)36)20-8-6-7-9-22(20)37-5/h6-13,16-18,32H,14-15H2,1-5H3,(H2,30,36)(H,31,33,34). The Labute approximate surface area is 232 Å². The molecule has 3 heterocycles. The molecule has 0 saturated carbocycles. The molecule has 2 aromatic carbocycles. The lowest BCUT2D eigenvalue weighted by atomic mass is 10.0. The van der Waals surface area contributed by atoms with Crippen LogP contribution in [-0.2, 0) is 0 Å². The molecule has 9 nitrogen and oxygen atoms in total. The van der Waals surface area contributed by atoms with Gasteiger partial charge in [0.25, 0.3) is 5.91 Å². The first-order valence-electron chi connectivity index (χ1n) is 13.0. The monoisotopic (exact) mass is 546 g/mol. The minimum atomic E-state index is -0.520. The third kappa shape index (κ3) is 5.62. The summed E-state index contributed by atoms with van der Waals surface area (Å²) < 4.78 is 12.5. The van der Waals surface area contributed by atoms with Crippen molar-refractivity contribution >= 4 is 44.8 Å². The predicted molar refractivity (Wildman–Crippen MR) is 158 cm³/mol. The van der Waals surface area contributed by atoms with E-state index in [4.69, 9.17) is 20.2 Å². The number of nitrogens with two attached hydrogens (primary N) is 1. The number of ether oxygens (including phenoxy) is 2. The number of thiophene rings is 1. The second-order valence-corrected chi connectivity index (χ2v) is 11.2. The highest BCUT2D eigenvalue weighted by molar-refractivity contribution is 7.21. The molecule has 1 aliphatic rings. The van der Waals surface area contributed by atoms with Crippen LogP contribution in [-0.4, -0.2) is 54.3 Å². The fourth-order valence-electron chi connectivity index (χ4n) is 5.05. The Hall–Kier alpha value is -3.89. The average molecular weight is 547 g/mol. The largest absolute Gasteiger partial charge is 0.496 e. The third-order valence-electron chi connectivity index (χ3n) is 6.53. The highest BCUT2D eigenvalue weighted by Gasteiger charge is 2.24. The summed E-state index contributed by atoms with van der Waals surface area (Å²) in [6.07, 6.45) is 1.69. The Kier molecular flexibility index (Phi) is 7.58. The van der Waals surface area contributed by atoms with Crippen LogP contribution in [0.4, 0.5) is 17.3 Å². The number of anilines is 3. The number of nitrogens with zero attached hydrogens (tertiary/aromatic N) is 3. The summed E-state index contributed by atoms with van der Waals surface area (Å²) in [5, 5.41) is 6.92. The molecule has 0 spiro atoms. The molecule has 2 atom stereocenters. The van der Waals surface area contributed by atoms with Crippen molar-refractivity contribution in [3.05, 3.63) is 53.5 Å². The van der Waals surface area contributed by atoms with Gasteiger partial charge in [-0.25, -0.2) is 9.97 Å². The second kappa shape index (κ2) is 11.1. The van der Waals surface area contributed by atoms with Crippen molar-refractivity contribution in [2.45, 2.75) is 45.9 Å². The fraction of sp³-hybridized carbons (Fsp3) is 0.345. The molecule has 4 N–H and O–H groups in total. The molecule has 0 radical (unpaired) electrons. The van der Waals surface area contributed by atoms with Gasteiger partial charge >= 0.3 is 0 Å². The Morgan fingerprint density at radius 3 is 2.59 bits per heavy atom. The summed E-state index contributed by atoms with van der Waals surface area (Å²) in [5.41, 5.74) is 9.65. The van der Waals surface area contributed by atoms with Gasteiger partial charge in [0.2, 0.25) is 5.95 Å². The van der Waals surface area contributed by atoms with Crippen molar-refractivity contribution < 1.29 is 14.3 Å². The Bertz CT molecular complexity index is 1490. The zero-order valence-corrected chi connectivity index (χ0v) is 23.6. The molecule has 2 unspecified atom stereocenters. The van der Waals surface area contributed by atoms with E-state index in [1.807, 2.05) is 44.2 Å². The summed E-state index contributed by atoms with van der Waals surface area (Å²) in [7, 11) is 1.60. The van der Waals surface area contributed by atoms with Crippen LogP contribution in [0.2, 0.25) is 0 Å². The number of piperazine rings is 1. The van der Waals surface area contributed by atoms with Gasteiger partial charge in [-0.15, -0.1) is 11.3 Å². The summed E-state index contributed by atoms with van der Waals surface area (Å²) in [6.45, 7) is 10.2. The number of nitrogens with one attached hydrogen (secondary N) is 2. The summed E-state index contributed by atoms with van der Waals surface area (Å²) >= 11 is 1.27. The number of rotatable bonds is 8. The maximum atomic E-state index is 12.4. The molecule has 204 valence electrons. The maximum Gasteiger partial charge on any atom is 0.259 e. The van der Waals surface area contributed by atoms with Crippen molar-refractivity contribution in [1.29, 1.82) is 0 Å². The van der Waals surface area contributed by atoms with Crippen molar-refractivity contribution in [3.8, 4) is 22.6 Å². The van der Waals surface area contributed by atoms with E-state index in [9.17, 15) is 4.79 Å². The van der Waals surface area contributed by atoms with E-state index in [0.29, 0.717) is 39.7 Å². The van der Waals surface area contributed by atoms with Crippen LogP contribution in [0.15, 0.2) is 48.7 Å². The van der Waals surface area contributed by atoms with E-state index in [-0.39, 0.29) is 6.10 Å². The number of methoxy groups -OCH3 is 1.